The highest BCUT2D eigenvalue weighted by atomic mass is 19.3. The summed E-state index contributed by atoms with van der Waals surface area (Å²) in [5, 5.41) is 16.7. The minimum atomic E-state index is -2.99. The third kappa shape index (κ3) is 5.69. The van der Waals surface area contributed by atoms with E-state index in [0.717, 1.165) is 10.7 Å². The molecule has 1 amide bonds. The fourth-order valence-corrected chi connectivity index (χ4v) is 3.82. The van der Waals surface area contributed by atoms with Gasteiger partial charge in [0.2, 0.25) is 0 Å². The van der Waals surface area contributed by atoms with Gasteiger partial charge >= 0.3 is 6.61 Å². The lowest BCUT2D eigenvalue weighted by atomic mass is 9.99. The first-order chi connectivity index (χ1) is 16.9. The van der Waals surface area contributed by atoms with E-state index in [1.807, 2.05) is 0 Å². The molecule has 0 aliphatic carbocycles. The number of hydrogen-bond acceptors (Lipinski definition) is 6. The van der Waals surface area contributed by atoms with Crippen LogP contribution in [0.4, 0.5) is 13.2 Å². The minimum Gasteiger partial charge on any atom is -0.435 e. The topological polar surface area (TPSA) is 103 Å². The lowest BCUT2D eigenvalue weighted by Crippen LogP contribution is -2.45. The molecular weight excluding hydrogens is 467 g/mol. The van der Waals surface area contributed by atoms with Crippen molar-refractivity contribution < 1.29 is 32.5 Å². The summed E-state index contributed by atoms with van der Waals surface area (Å²) in [6.45, 7) is -2.46. The number of nitrogens with one attached hydrogen (secondary N) is 1. The number of halogens is 3. The molecule has 2 aromatic carbocycles. The fraction of sp³-hybridized carbons (Fsp3) is 0.292. The Bertz CT molecular complexity index is 1240. The molecule has 1 saturated heterocycles. The predicted molar refractivity (Wildman–Crippen MR) is 119 cm³/mol. The summed E-state index contributed by atoms with van der Waals surface area (Å²) in [6, 6.07) is 11.2. The maximum absolute atomic E-state index is 13.9. The Morgan fingerprint density at radius 3 is 2.63 bits per heavy atom. The van der Waals surface area contributed by atoms with Gasteiger partial charge in [0, 0.05) is 18.1 Å². The molecule has 1 unspecified atom stereocenters. The second kappa shape index (κ2) is 10.7. The monoisotopic (exact) mass is 489 g/mol. The van der Waals surface area contributed by atoms with E-state index in [2.05, 4.69) is 15.2 Å². The number of nitrogens with zero attached hydrogens (tertiary/aromatic N) is 2. The molecule has 2 heterocycles. The number of ether oxygens (including phenoxy) is 2. The molecule has 4 rings (SSSR count). The number of aliphatic hydroxyl groups is 1. The number of hydrogen-bond donors (Lipinski definition) is 2. The van der Waals surface area contributed by atoms with Gasteiger partial charge in [-0.25, -0.2) is 4.39 Å². The van der Waals surface area contributed by atoms with E-state index in [1.54, 1.807) is 0 Å². The van der Waals surface area contributed by atoms with Crippen molar-refractivity contribution in [3.63, 3.8) is 0 Å². The van der Waals surface area contributed by atoms with Crippen LogP contribution in [0.1, 0.15) is 16.8 Å². The average Bonchev–Trinajstić information content (AvgIpc) is 3.37. The largest absolute Gasteiger partial charge is 0.435 e. The normalized spacial score (nSPS) is 16.3. The Balaban J connectivity index is 1.75. The average molecular weight is 489 g/mol. The van der Waals surface area contributed by atoms with Crippen LogP contribution in [0.3, 0.4) is 0 Å². The summed E-state index contributed by atoms with van der Waals surface area (Å²) in [5.74, 6) is -1.54. The zero-order chi connectivity index (χ0) is 24.9. The fourth-order valence-electron chi connectivity index (χ4n) is 3.82. The van der Waals surface area contributed by atoms with Crippen LogP contribution in [0.2, 0.25) is 0 Å². The molecule has 35 heavy (non-hydrogen) atoms. The van der Waals surface area contributed by atoms with E-state index in [9.17, 15) is 27.9 Å². The van der Waals surface area contributed by atoms with Crippen molar-refractivity contribution in [2.75, 3.05) is 19.8 Å². The minimum absolute atomic E-state index is 0.0789. The second-order valence-corrected chi connectivity index (χ2v) is 7.93. The number of rotatable bonds is 8. The van der Waals surface area contributed by atoms with E-state index in [0.29, 0.717) is 25.2 Å². The first kappa shape index (κ1) is 24.4. The zero-order valence-corrected chi connectivity index (χ0v) is 18.4. The van der Waals surface area contributed by atoms with Gasteiger partial charge in [-0.15, -0.1) is 0 Å². The van der Waals surface area contributed by atoms with Crippen molar-refractivity contribution in [1.82, 2.24) is 15.1 Å². The van der Waals surface area contributed by atoms with Gasteiger partial charge < -0.3 is 19.9 Å². The maximum atomic E-state index is 13.9. The summed E-state index contributed by atoms with van der Waals surface area (Å²) in [7, 11) is 0. The van der Waals surface area contributed by atoms with Gasteiger partial charge in [-0.2, -0.15) is 18.6 Å². The van der Waals surface area contributed by atoms with Gasteiger partial charge in [0.05, 0.1) is 30.6 Å². The molecule has 11 heteroatoms. The predicted octanol–water partition coefficient (Wildman–Crippen LogP) is 2.77. The first-order valence-corrected chi connectivity index (χ1v) is 10.8. The molecule has 1 aliphatic heterocycles. The van der Waals surface area contributed by atoms with Crippen molar-refractivity contribution in [2.24, 2.45) is 5.92 Å². The van der Waals surface area contributed by atoms with E-state index >= 15 is 0 Å². The molecule has 184 valence electrons. The molecule has 2 N–H and O–H groups in total. The van der Waals surface area contributed by atoms with Crippen LogP contribution in [0.15, 0.2) is 59.4 Å². The van der Waals surface area contributed by atoms with Crippen LogP contribution in [-0.2, 0) is 4.74 Å². The number of benzene rings is 2. The number of carbonyl (C=O) groups is 1. The Kier molecular flexibility index (Phi) is 7.47. The number of aliphatic hydroxyl groups excluding tert-OH is 1. The van der Waals surface area contributed by atoms with Gasteiger partial charge in [-0.3, -0.25) is 9.59 Å². The van der Waals surface area contributed by atoms with E-state index in [1.165, 1.54) is 48.5 Å². The summed E-state index contributed by atoms with van der Waals surface area (Å²) >= 11 is 0. The molecule has 3 aromatic rings. The van der Waals surface area contributed by atoms with Crippen LogP contribution in [0.25, 0.3) is 16.9 Å². The number of alkyl halides is 2. The third-order valence-electron chi connectivity index (χ3n) is 5.63. The standard InChI is InChI=1S/C24H22F3N3O5/c25-16-2-1-3-17(10-16)30-23(33)19(22(32)28-21(12-31)15-8-9-34-13-15)11-20(29-30)14-4-6-18(7-5-14)35-24(26)27/h1-7,10-11,15,21,24,31H,8-9,12-13H2,(H,28,32)/t15-,21?/m1/s1. The van der Waals surface area contributed by atoms with Crippen LogP contribution in [-0.4, -0.2) is 53.3 Å². The second-order valence-electron chi connectivity index (χ2n) is 7.93. The van der Waals surface area contributed by atoms with E-state index < -0.39 is 29.9 Å². The van der Waals surface area contributed by atoms with E-state index in [4.69, 9.17) is 4.74 Å². The highest BCUT2D eigenvalue weighted by Gasteiger charge is 2.28. The molecule has 1 aromatic heterocycles. The summed E-state index contributed by atoms with van der Waals surface area (Å²) in [4.78, 5) is 26.3. The van der Waals surface area contributed by atoms with Crippen molar-refractivity contribution >= 4 is 5.91 Å². The molecule has 1 aliphatic rings. The molecule has 2 atom stereocenters. The Hall–Kier alpha value is -3.70. The van der Waals surface area contributed by atoms with Crippen LogP contribution in [0.5, 0.6) is 5.75 Å². The van der Waals surface area contributed by atoms with Crippen molar-refractivity contribution in [1.29, 1.82) is 0 Å². The molecule has 0 spiro atoms. The van der Waals surface area contributed by atoms with Gasteiger partial charge in [-0.05, 0) is 55.0 Å². The Morgan fingerprint density at radius 2 is 2.00 bits per heavy atom. The molecule has 0 radical (unpaired) electrons. The van der Waals surface area contributed by atoms with Crippen LogP contribution >= 0.6 is 0 Å². The molecule has 8 nitrogen and oxygen atoms in total. The van der Waals surface area contributed by atoms with Gasteiger partial charge in [0.15, 0.2) is 0 Å². The highest BCUT2D eigenvalue weighted by molar-refractivity contribution is 5.95. The van der Waals surface area contributed by atoms with Crippen LogP contribution < -0.4 is 15.6 Å². The van der Waals surface area contributed by atoms with E-state index in [-0.39, 0.29) is 35.2 Å². The number of amides is 1. The quantitative estimate of drug-likeness (QED) is 0.505. The Labute approximate surface area is 197 Å². The van der Waals surface area contributed by atoms with Crippen molar-refractivity contribution in [3.8, 4) is 22.7 Å². The van der Waals surface area contributed by atoms with Gasteiger partial charge in [0.25, 0.3) is 11.5 Å². The highest BCUT2D eigenvalue weighted by Crippen LogP contribution is 2.23. The van der Waals surface area contributed by atoms with Crippen LogP contribution in [0, 0.1) is 11.7 Å². The van der Waals surface area contributed by atoms with Crippen molar-refractivity contribution in [3.05, 3.63) is 76.3 Å². The maximum Gasteiger partial charge on any atom is 0.387 e. The molecule has 0 saturated carbocycles. The Morgan fingerprint density at radius 1 is 1.23 bits per heavy atom. The SMILES string of the molecule is O=C(NC(CO)[C@@H]1CCOC1)c1cc(-c2ccc(OC(F)F)cc2)nn(-c2cccc(F)c2)c1=O. The number of aromatic nitrogens is 2. The first-order valence-electron chi connectivity index (χ1n) is 10.8. The summed E-state index contributed by atoms with van der Waals surface area (Å²) in [6.07, 6.45) is 0.646. The lowest BCUT2D eigenvalue weighted by Gasteiger charge is -2.21. The van der Waals surface area contributed by atoms with Crippen molar-refractivity contribution in [2.45, 2.75) is 19.1 Å². The number of carbonyl (C=O) groups excluding carboxylic acids is 1. The van der Waals surface area contributed by atoms with Gasteiger partial charge in [-0.1, -0.05) is 6.07 Å². The molecule has 1 fully saturated rings. The molecule has 0 bridgehead atoms. The smallest absolute Gasteiger partial charge is 0.387 e. The summed E-state index contributed by atoms with van der Waals surface area (Å²) < 4.78 is 49.4. The van der Waals surface area contributed by atoms with Gasteiger partial charge in [0.1, 0.15) is 17.1 Å². The molecular formula is C24H22F3N3O5. The lowest BCUT2D eigenvalue weighted by molar-refractivity contribution is -0.0498. The summed E-state index contributed by atoms with van der Waals surface area (Å²) in [5.41, 5.74) is -0.439. The third-order valence-corrected chi connectivity index (χ3v) is 5.63. The zero-order valence-electron chi connectivity index (χ0n) is 18.4.